The molecule has 3 heterocycles. The lowest BCUT2D eigenvalue weighted by Crippen LogP contribution is -2.49. The molecule has 1 N–H and O–H groups in total. The molecule has 2 aromatic heterocycles. The van der Waals surface area contributed by atoms with Crippen molar-refractivity contribution in [2.45, 2.75) is 25.7 Å². The van der Waals surface area contributed by atoms with Crippen LogP contribution in [0.15, 0.2) is 26.0 Å². The minimum Gasteiger partial charge on any atom is -0.383 e. The lowest BCUT2D eigenvalue weighted by Gasteiger charge is -2.37. The van der Waals surface area contributed by atoms with Gasteiger partial charge >= 0.3 is 0 Å². The van der Waals surface area contributed by atoms with Gasteiger partial charge in [-0.2, -0.15) is 5.16 Å². The molecule has 1 aliphatic rings. The summed E-state index contributed by atoms with van der Waals surface area (Å²) in [4.78, 5) is 24.7. The second-order valence-electron chi connectivity index (χ2n) is 4.93. The molecular weight excluding hydrogens is 262 g/mol. The molecule has 7 heteroatoms. The summed E-state index contributed by atoms with van der Waals surface area (Å²) in [6.07, 6.45) is 1.01. The van der Waals surface area contributed by atoms with Crippen LogP contribution in [0.2, 0.25) is 0 Å². The molecule has 0 radical (unpaired) electrons. The first-order valence-corrected chi connectivity index (χ1v) is 6.56. The fraction of sp³-hybridized carbons (Fsp3) is 0.462. The van der Waals surface area contributed by atoms with E-state index in [9.17, 15) is 9.59 Å². The quantitative estimate of drug-likeness (QED) is 0.887. The van der Waals surface area contributed by atoms with Gasteiger partial charge in [-0.1, -0.05) is 12.1 Å². The third kappa shape index (κ3) is 2.38. The number of carbonyl (C=O) groups excluding carboxylic acids is 1. The van der Waals surface area contributed by atoms with E-state index in [2.05, 4.69) is 10.3 Å². The first-order chi connectivity index (χ1) is 9.65. The maximum absolute atomic E-state index is 12.0. The number of H-pyrrole nitrogens is 1. The molecule has 0 unspecified atom stereocenters. The molecule has 20 heavy (non-hydrogen) atoms. The van der Waals surface area contributed by atoms with E-state index in [4.69, 9.17) is 9.05 Å². The van der Waals surface area contributed by atoms with Crippen molar-refractivity contribution in [3.05, 3.63) is 39.7 Å². The zero-order valence-corrected chi connectivity index (χ0v) is 11.1. The number of nitrogens with one attached hydrogen (secondary N) is 1. The van der Waals surface area contributed by atoms with Gasteiger partial charge in [0.25, 0.3) is 5.56 Å². The number of carbonyl (C=O) groups is 1. The number of aromatic amines is 1. The van der Waals surface area contributed by atoms with Gasteiger partial charge in [0.1, 0.15) is 11.5 Å². The van der Waals surface area contributed by atoms with Gasteiger partial charge in [-0.25, -0.2) is 0 Å². The largest absolute Gasteiger partial charge is 0.383 e. The third-order valence-electron chi connectivity index (χ3n) is 3.47. The van der Waals surface area contributed by atoms with Crippen LogP contribution in [0.3, 0.4) is 0 Å². The van der Waals surface area contributed by atoms with Crippen LogP contribution in [-0.4, -0.2) is 34.2 Å². The number of nitrogens with zero attached hydrogens (tertiary/aromatic N) is 2. The van der Waals surface area contributed by atoms with Crippen LogP contribution in [0, 0.1) is 0 Å². The molecular formula is C13H15N3O4. The van der Waals surface area contributed by atoms with Crippen LogP contribution < -0.4 is 5.56 Å². The first-order valence-electron chi connectivity index (χ1n) is 6.56. The van der Waals surface area contributed by atoms with Gasteiger partial charge < -0.3 is 13.9 Å². The fourth-order valence-electron chi connectivity index (χ4n) is 2.23. The molecule has 1 aliphatic heterocycles. The van der Waals surface area contributed by atoms with Crippen molar-refractivity contribution in [2.24, 2.45) is 0 Å². The second-order valence-corrected chi connectivity index (χ2v) is 4.93. The van der Waals surface area contributed by atoms with E-state index in [-0.39, 0.29) is 23.8 Å². The van der Waals surface area contributed by atoms with Gasteiger partial charge in [-0.3, -0.25) is 9.59 Å². The van der Waals surface area contributed by atoms with Crippen LogP contribution in [-0.2, 0) is 17.6 Å². The van der Waals surface area contributed by atoms with Gasteiger partial charge in [-0.05, 0) is 6.42 Å². The summed E-state index contributed by atoms with van der Waals surface area (Å²) >= 11 is 0. The number of likely N-dealkylation sites (tertiary alicyclic amines) is 1. The Morgan fingerprint density at radius 3 is 2.90 bits per heavy atom. The molecule has 0 saturated carbocycles. The Bertz CT molecular complexity index is 663. The van der Waals surface area contributed by atoms with Gasteiger partial charge in [0.05, 0.1) is 18.0 Å². The molecule has 1 saturated heterocycles. The molecule has 0 bridgehead atoms. The summed E-state index contributed by atoms with van der Waals surface area (Å²) < 4.78 is 10.1. The van der Waals surface area contributed by atoms with Crippen molar-refractivity contribution in [1.82, 2.24) is 15.2 Å². The SMILES string of the molecule is CCc1cc(CC(=O)N2CC(c3cc(=O)[nH]o3)C2)on1. The van der Waals surface area contributed by atoms with Crippen molar-refractivity contribution in [1.29, 1.82) is 0 Å². The Morgan fingerprint density at radius 1 is 1.50 bits per heavy atom. The summed E-state index contributed by atoms with van der Waals surface area (Å²) in [6, 6.07) is 3.23. The summed E-state index contributed by atoms with van der Waals surface area (Å²) in [5.41, 5.74) is 0.599. The summed E-state index contributed by atoms with van der Waals surface area (Å²) in [6.45, 7) is 3.11. The topological polar surface area (TPSA) is 92.3 Å². The Hall–Kier alpha value is -2.31. The van der Waals surface area contributed by atoms with E-state index in [1.54, 1.807) is 11.0 Å². The summed E-state index contributed by atoms with van der Waals surface area (Å²) in [5, 5.41) is 6.11. The van der Waals surface area contributed by atoms with Gasteiger partial charge in [-0.15, -0.1) is 0 Å². The van der Waals surface area contributed by atoms with Crippen molar-refractivity contribution in [3.8, 4) is 0 Å². The Morgan fingerprint density at radius 2 is 2.30 bits per heavy atom. The normalized spacial score (nSPS) is 15.3. The Balaban J connectivity index is 1.54. The van der Waals surface area contributed by atoms with Crippen LogP contribution >= 0.6 is 0 Å². The highest BCUT2D eigenvalue weighted by Gasteiger charge is 2.34. The molecule has 7 nitrogen and oxygen atoms in total. The highest BCUT2D eigenvalue weighted by molar-refractivity contribution is 5.79. The van der Waals surface area contributed by atoms with Crippen molar-refractivity contribution < 1.29 is 13.8 Å². The van der Waals surface area contributed by atoms with E-state index in [1.165, 1.54) is 6.07 Å². The zero-order chi connectivity index (χ0) is 14.1. The number of amides is 1. The number of aromatic nitrogens is 2. The standard InChI is InChI=1S/C13H15N3O4/c1-2-9-3-10(19-14-9)4-13(18)16-6-8(7-16)11-5-12(17)15-20-11/h3,5,8H,2,4,6-7H2,1H3,(H,15,17). The number of hydrogen-bond acceptors (Lipinski definition) is 5. The second kappa shape index (κ2) is 4.99. The number of rotatable bonds is 4. The van der Waals surface area contributed by atoms with E-state index < -0.39 is 0 Å². The summed E-state index contributed by atoms with van der Waals surface area (Å²) in [5.74, 6) is 1.28. The van der Waals surface area contributed by atoms with Gasteiger partial charge in [0.15, 0.2) is 0 Å². The number of aryl methyl sites for hydroxylation is 1. The number of hydrogen-bond donors (Lipinski definition) is 1. The molecule has 106 valence electrons. The molecule has 3 rings (SSSR count). The lowest BCUT2D eigenvalue weighted by atomic mass is 9.97. The molecule has 1 amide bonds. The highest BCUT2D eigenvalue weighted by atomic mass is 16.5. The van der Waals surface area contributed by atoms with Crippen LogP contribution in [0.1, 0.15) is 30.1 Å². The van der Waals surface area contributed by atoms with Crippen molar-refractivity contribution >= 4 is 5.91 Å². The Kier molecular flexibility index (Phi) is 3.17. The lowest BCUT2D eigenvalue weighted by molar-refractivity contribution is -0.135. The Labute approximate surface area is 114 Å². The van der Waals surface area contributed by atoms with Crippen molar-refractivity contribution in [2.75, 3.05) is 13.1 Å². The predicted molar refractivity (Wildman–Crippen MR) is 68.2 cm³/mol. The molecule has 1 fully saturated rings. The smallest absolute Gasteiger partial charge is 0.280 e. The first kappa shape index (κ1) is 12.7. The maximum atomic E-state index is 12.0. The minimum absolute atomic E-state index is 0.00191. The monoisotopic (exact) mass is 277 g/mol. The molecule has 0 aromatic carbocycles. The van der Waals surface area contributed by atoms with Crippen LogP contribution in [0.4, 0.5) is 0 Å². The van der Waals surface area contributed by atoms with E-state index in [0.29, 0.717) is 24.6 Å². The molecule has 2 aromatic rings. The summed E-state index contributed by atoms with van der Waals surface area (Å²) in [7, 11) is 0. The van der Waals surface area contributed by atoms with Crippen molar-refractivity contribution in [3.63, 3.8) is 0 Å². The average Bonchev–Trinajstić information content (AvgIpc) is 2.97. The predicted octanol–water partition coefficient (Wildman–Crippen LogP) is 0.687. The van der Waals surface area contributed by atoms with E-state index in [0.717, 1.165) is 12.1 Å². The van der Waals surface area contributed by atoms with E-state index in [1.807, 2.05) is 6.92 Å². The maximum Gasteiger partial charge on any atom is 0.280 e. The van der Waals surface area contributed by atoms with E-state index >= 15 is 0 Å². The van der Waals surface area contributed by atoms with Crippen LogP contribution in [0.5, 0.6) is 0 Å². The fourth-order valence-corrected chi connectivity index (χ4v) is 2.23. The minimum atomic E-state index is -0.251. The third-order valence-corrected chi connectivity index (χ3v) is 3.47. The van der Waals surface area contributed by atoms with Gasteiger partial charge in [0.2, 0.25) is 5.91 Å². The molecule has 0 aliphatic carbocycles. The highest BCUT2D eigenvalue weighted by Crippen LogP contribution is 2.26. The molecule has 0 spiro atoms. The zero-order valence-electron chi connectivity index (χ0n) is 11.1. The molecule has 0 atom stereocenters. The average molecular weight is 277 g/mol. The van der Waals surface area contributed by atoms with Crippen LogP contribution in [0.25, 0.3) is 0 Å². The van der Waals surface area contributed by atoms with Gasteiger partial charge in [0, 0.05) is 25.2 Å².